The Bertz CT molecular complexity index is 817. The average molecular weight is 402 g/mol. The maximum absolute atomic E-state index is 12.9. The first-order valence-corrected chi connectivity index (χ1v) is 10.9. The smallest absolute Gasteiger partial charge is 0.407 e. The van der Waals surface area contributed by atoms with Crippen molar-refractivity contribution < 1.29 is 18.7 Å². The van der Waals surface area contributed by atoms with Gasteiger partial charge in [-0.2, -0.15) is 0 Å². The zero-order valence-corrected chi connectivity index (χ0v) is 17.6. The van der Waals surface area contributed by atoms with Crippen molar-refractivity contribution in [3.05, 3.63) is 17.8 Å². The third-order valence-electron chi connectivity index (χ3n) is 7.53. The molecule has 0 unspecified atom stereocenters. The molecule has 29 heavy (non-hydrogen) atoms. The molecule has 4 aliphatic rings. The molecule has 0 atom stereocenters. The van der Waals surface area contributed by atoms with Crippen molar-refractivity contribution in [2.45, 2.75) is 76.2 Å². The summed E-state index contributed by atoms with van der Waals surface area (Å²) in [6.07, 6.45) is 7.42. The minimum absolute atomic E-state index is 0.0326. The molecule has 7 heteroatoms. The minimum atomic E-state index is -0.350. The number of cyclic esters (lactones) is 1. The Balaban J connectivity index is 1.11. The largest absolute Gasteiger partial charge is 0.447 e. The summed E-state index contributed by atoms with van der Waals surface area (Å²) >= 11 is 0. The molecular formula is C22H31N3O4. The Kier molecular flexibility index (Phi) is 4.07. The first-order valence-electron chi connectivity index (χ1n) is 10.9. The fourth-order valence-electron chi connectivity index (χ4n) is 5.65. The van der Waals surface area contributed by atoms with E-state index in [0.717, 1.165) is 50.4 Å². The van der Waals surface area contributed by atoms with Gasteiger partial charge in [-0.25, -0.2) is 9.78 Å². The highest BCUT2D eigenvalue weighted by Crippen LogP contribution is 2.57. The van der Waals surface area contributed by atoms with E-state index in [1.807, 2.05) is 11.1 Å². The maximum Gasteiger partial charge on any atom is 0.407 e. The highest BCUT2D eigenvalue weighted by Gasteiger charge is 2.54. The lowest BCUT2D eigenvalue weighted by Crippen LogP contribution is -2.59. The van der Waals surface area contributed by atoms with Crippen molar-refractivity contribution in [1.82, 2.24) is 15.2 Å². The van der Waals surface area contributed by atoms with Crippen molar-refractivity contribution in [3.8, 4) is 0 Å². The molecule has 158 valence electrons. The summed E-state index contributed by atoms with van der Waals surface area (Å²) in [5.74, 6) is 2.60. The molecule has 7 nitrogen and oxygen atoms in total. The van der Waals surface area contributed by atoms with Crippen molar-refractivity contribution in [2.75, 3.05) is 19.7 Å². The van der Waals surface area contributed by atoms with Crippen molar-refractivity contribution >= 4 is 12.0 Å². The third kappa shape index (κ3) is 3.22. The number of ether oxygens (including phenoxy) is 1. The number of nitrogens with one attached hydrogen (secondary N) is 1. The van der Waals surface area contributed by atoms with E-state index in [4.69, 9.17) is 9.15 Å². The van der Waals surface area contributed by atoms with Gasteiger partial charge >= 0.3 is 6.09 Å². The third-order valence-corrected chi connectivity index (χ3v) is 7.53. The number of alkyl carbamates (subject to hydrolysis) is 1. The number of likely N-dealkylation sites (tertiary alicyclic amines) is 1. The zero-order chi connectivity index (χ0) is 20.4. The Morgan fingerprint density at radius 1 is 1.21 bits per heavy atom. The Morgan fingerprint density at radius 2 is 1.90 bits per heavy atom. The second kappa shape index (κ2) is 6.22. The van der Waals surface area contributed by atoms with Crippen LogP contribution in [0.5, 0.6) is 0 Å². The molecule has 0 radical (unpaired) electrons. The molecule has 3 heterocycles. The van der Waals surface area contributed by atoms with Gasteiger partial charge in [0.15, 0.2) is 5.89 Å². The first kappa shape index (κ1) is 18.9. The van der Waals surface area contributed by atoms with E-state index in [-0.39, 0.29) is 28.9 Å². The Morgan fingerprint density at radius 3 is 2.45 bits per heavy atom. The molecule has 5 rings (SSSR count). The van der Waals surface area contributed by atoms with Gasteiger partial charge in [-0.05, 0) is 43.9 Å². The van der Waals surface area contributed by atoms with E-state index in [2.05, 4.69) is 31.1 Å². The molecule has 2 saturated carbocycles. The average Bonchev–Trinajstić information content (AvgIpc) is 3.25. The SMILES string of the molecule is CC(C)(C)c1ncc(C2CC3(CCN(C(=O)[C@H]4C[C@]5(COC(=O)N5)C4)CC3)C2)o1. The van der Waals surface area contributed by atoms with Gasteiger partial charge < -0.3 is 19.4 Å². The molecule has 0 aromatic carbocycles. The number of oxazole rings is 1. The fourth-order valence-corrected chi connectivity index (χ4v) is 5.65. The van der Waals surface area contributed by atoms with Crippen LogP contribution in [0.25, 0.3) is 0 Å². The molecule has 1 aromatic heterocycles. The monoisotopic (exact) mass is 401 g/mol. The van der Waals surface area contributed by atoms with Gasteiger partial charge in [0.1, 0.15) is 12.4 Å². The highest BCUT2D eigenvalue weighted by molar-refractivity contribution is 5.81. The summed E-state index contributed by atoms with van der Waals surface area (Å²) in [5.41, 5.74) is 0.0295. The molecule has 2 amide bonds. The number of hydrogen-bond donors (Lipinski definition) is 1. The van der Waals surface area contributed by atoms with E-state index < -0.39 is 0 Å². The number of nitrogens with zero attached hydrogens (tertiary/aromatic N) is 2. The number of rotatable bonds is 2. The summed E-state index contributed by atoms with van der Waals surface area (Å²) < 4.78 is 11.0. The molecule has 2 saturated heterocycles. The maximum atomic E-state index is 12.9. The zero-order valence-electron chi connectivity index (χ0n) is 17.6. The molecule has 4 fully saturated rings. The highest BCUT2D eigenvalue weighted by atomic mass is 16.6. The molecule has 2 spiro atoms. The topological polar surface area (TPSA) is 84.7 Å². The number of piperidine rings is 1. The predicted molar refractivity (Wildman–Crippen MR) is 105 cm³/mol. The van der Waals surface area contributed by atoms with Crippen LogP contribution in [0.1, 0.15) is 76.9 Å². The molecule has 1 N–H and O–H groups in total. The lowest BCUT2D eigenvalue weighted by atomic mass is 9.57. The van der Waals surface area contributed by atoms with Crippen LogP contribution in [-0.2, 0) is 14.9 Å². The van der Waals surface area contributed by atoms with Crippen LogP contribution in [0.3, 0.4) is 0 Å². The van der Waals surface area contributed by atoms with Gasteiger partial charge in [0.2, 0.25) is 5.91 Å². The Hall–Kier alpha value is -2.05. The van der Waals surface area contributed by atoms with Crippen molar-refractivity contribution in [1.29, 1.82) is 0 Å². The van der Waals surface area contributed by atoms with Gasteiger partial charge in [-0.1, -0.05) is 20.8 Å². The lowest BCUT2D eigenvalue weighted by molar-refractivity contribution is -0.144. The van der Waals surface area contributed by atoms with E-state index in [1.165, 1.54) is 0 Å². The van der Waals surface area contributed by atoms with Gasteiger partial charge in [-0.15, -0.1) is 0 Å². The summed E-state index contributed by atoms with van der Waals surface area (Å²) in [4.78, 5) is 30.6. The summed E-state index contributed by atoms with van der Waals surface area (Å²) in [6.45, 7) is 8.46. The van der Waals surface area contributed by atoms with Crippen molar-refractivity contribution in [2.24, 2.45) is 11.3 Å². The Labute approximate surface area is 171 Å². The second-order valence-corrected chi connectivity index (χ2v) is 10.8. The first-order chi connectivity index (χ1) is 13.7. The van der Waals surface area contributed by atoms with Crippen LogP contribution in [0.2, 0.25) is 0 Å². The second-order valence-electron chi connectivity index (χ2n) is 10.8. The van der Waals surface area contributed by atoms with Gasteiger partial charge in [0.05, 0.1) is 11.7 Å². The molecule has 2 aliphatic heterocycles. The standard InChI is InChI=1S/C22H31N3O4/c1-20(2,3)18-23-12-16(29-18)14-8-21(9-14)4-6-25(7-5-21)17(26)15-10-22(11-15)13-28-19(27)24-22/h12,14-15H,4-11,13H2,1-3H3,(H,24,27)/t15-,22+. The van der Waals surface area contributed by atoms with Gasteiger partial charge in [0, 0.05) is 30.3 Å². The quantitative estimate of drug-likeness (QED) is 0.821. The van der Waals surface area contributed by atoms with E-state index in [1.54, 1.807) is 0 Å². The van der Waals surface area contributed by atoms with Crippen LogP contribution in [-0.4, -0.2) is 47.1 Å². The van der Waals surface area contributed by atoms with E-state index in [9.17, 15) is 9.59 Å². The van der Waals surface area contributed by atoms with Crippen LogP contribution in [0.15, 0.2) is 10.6 Å². The number of carbonyl (C=O) groups excluding carboxylic acids is 2. The van der Waals surface area contributed by atoms with Crippen LogP contribution >= 0.6 is 0 Å². The molecular weight excluding hydrogens is 370 g/mol. The van der Waals surface area contributed by atoms with E-state index in [0.29, 0.717) is 30.8 Å². The minimum Gasteiger partial charge on any atom is -0.447 e. The van der Waals surface area contributed by atoms with Crippen molar-refractivity contribution in [3.63, 3.8) is 0 Å². The van der Waals surface area contributed by atoms with Gasteiger partial charge in [0.25, 0.3) is 0 Å². The van der Waals surface area contributed by atoms with Gasteiger partial charge in [-0.3, -0.25) is 4.79 Å². The summed E-state index contributed by atoms with van der Waals surface area (Å²) in [7, 11) is 0. The number of aromatic nitrogens is 1. The summed E-state index contributed by atoms with van der Waals surface area (Å²) in [6, 6.07) is 0. The molecule has 1 aromatic rings. The predicted octanol–water partition coefficient (Wildman–Crippen LogP) is 3.35. The lowest BCUT2D eigenvalue weighted by Gasteiger charge is -2.52. The number of hydrogen-bond acceptors (Lipinski definition) is 5. The van der Waals surface area contributed by atoms with Crippen LogP contribution in [0, 0.1) is 11.3 Å². The number of amides is 2. The van der Waals surface area contributed by atoms with Crippen LogP contribution in [0.4, 0.5) is 4.79 Å². The summed E-state index contributed by atoms with van der Waals surface area (Å²) in [5, 5.41) is 2.87. The van der Waals surface area contributed by atoms with E-state index >= 15 is 0 Å². The molecule has 2 aliphatic carbocycles. The molecule has 0 bridgehead atoms. The fraction of sp³-hybridized carbons (Fsp3) is 0.773. The number of carbonyl (C=O) groups is 2. The van der Waals surface area contributed by atoms with Crippen LogP contribution < -0.4 is 5.32 Å². The normalized spacial score (nSPS) is 28.0.